The topological polar surface area (TPSA) is 66.8 Å². The van der Waals surface area contributed by atoms with E-state index in [0.717, 1.165) is 44.5 Å². The number of phosphoric ester groups is 1. The van der Waals surface area contributed by atoms with Crippen LogP contribution in [-0.2, 0) is 17.4 Å². The molecule has 5 heteroatoms. The van der Waals surface area contributed by atoms with E-state index in [2.05, 4.69) is 12.1 Å². The molecule has 0 saturated carbocycles. The van der Waals surface area contributed by atoms with Gasteiger partial charge >= 0.3 is 7.82 Å². The Balaban J connectivity index is 1.86. The lowest BCUT2D eigenvalue weighted by molar-refractivity contribution is 0.282. The van der Waals surface area contributed by atoms with E-state index in [1.165, 1.54) is 0 Å². The van der Waals surface area contributed by atoms with Gasteiger partial charge in [0.25, 0.3) is 0 Å². The molecule has 184 valence electrons. The molecule has 0 spiro atoms. The molecule has 2 N–H and O–H groups in total. The molecule has 0 aromatic heterocycles. The van der Waals surface area contributed by atoms with Crippen molar-refractivity contribution >= 4 is 7.82 Å². The van der Waals surface area contributed by atoms with Crippen LogP contribution in [-0.4, -0.2) is 9.79 Å². The van der Waals surface area contributed by atoms with Gasteiger partial charge in [-0.2, -0.15) is 0 Å². The largest absolute Gasteiger partial charge is 0.524 e. The maximum Gasteiger partial charge on any atom is 0.524 e. The summed E-state index contributed by atoms with van der Waals surface area (Å²) >= 11 is 0. The van der Waals surface area contributed by atoms with E-state index in [4.69, 9.17) is 4.52 Å². The number of benzene rings is 5. The maximum atomic E-state index is 12.1. The fraction of sp³-hybridized carbons (Fsp3) is 0.0625. The molecule has 0 saturated heterocycles. The number of phosphoric acid groups is 1. The van der Waals surface area contributed by atoms with Crippen molar-refractivity contribution in [3.05, 3.63) is 150 Å². The van der Waals surface area contributed by atoms with E-state index >= 15 is 0 Å². The molecule has 4 nitrogen and oxygen atoms in total. The molecule has 5 aromatic rings. The molecule has 0 atom stereocenters. The Labute approximate surface area is 217 Å². The van der Waals surface area contributed by atoms with Crippen LogP contribution in [0.25, 0.3) is 22.3 Å². The lowest BCUT2D eigenvalue weighted by atomic mass is 9.83. The Hall–Kier alpha value is -3.95. The van der Waals surface area contributed by atoms with Crippen molar-refractivity contribution in [2.45, 2.75) is 12.8 Å². The molecule has 5 aromatic carbocycles. The lowest BCUT2D eigenvalue weighted by Crippen LogP contribution is -2.05. The highest BCUT2D eigenvalue weighted by atomic mass is 31.2. The summed E-state index contributed by atoms with van der Waals surface area (Å²) in [6, 6.07) is 41.8. The molecular formula is C32H27O4P. The predicted octanol–water partition coefficient (Wildman–Crippen LogP) is 7.67. The lowest BCUT2D eigenvalue weighted by Gasteiger charge is -2.24. The Morgan fingerprint density at radius 3 is 1.49 bits per heavy atom. The molecule has 5 rings (SSSR count). The van der Waals surface area contributed by atoms with E-state index in [9.17, 15) is 14.4 Å². The van der Waals surface area contributed by atoms with E-state index in [1.54, 1.807) is 6.07 Å². The molecule has 0 unspecified atom stereocenters. The number of rotatable bonds is 8. The first kappa shape index (κ1) is 24.7. The third-order valence-corrected chi connectivity index (χ3v) is 6.75. The minimum atomic E-state index is -4.82. The average molecular weight is 507 g/mol. The zero-order valence-corrected chi connectivity index (χ0v) is 21.1. The first-order valence-corrected chi connectivity index (χ1v) is 13.6. The summed E-state index contributed by atoms with van der Waals surface area (Å²) in [5.74, 6) is 0.187. The Bertz CT molecular complexity index is 1510. The first-order valence-electron chi connectivity index (χ1n) is 12.1. The highest BCUT2D eigenvalue weighted by Crippen LogP contribution is 2.47. The Morgan fingerprint density at radius 2 is 1.00 bits per heavy atom. The van der Waals surface area contributed by atoms with Crippen LogP contribution >= 0.6 is 7.82 Å². The predicted molar refractivity (Wildman–Crippen MR) is 148 cm³/mol. The van der Waals surface area contributed by atoms with Crippen molar-refractivity contribution in [3.63, 3.8) is 0 Å². The molecule has 0 amide bonds. The van der Waals surface area contributed by atoms with Gasteiger partial charge in [-0.15, -0.1) is 0 Å². The normalized spacial score (nSPS) is 11.3. The van der Waals surface area contributed by atoms with Gasteiger partial charge in [-0.05, 0) is 51.4 Å². The van der Waals surface area contributed by atoms with Crippen molar-refractivity contribution in [1.29, 1.82) is 0 Å². The van der Waals surface area contributed by atoms with Crippen molar-refractivity contribution in [3.8, 4) is 28.0 Å². The summed E-state index contributed by atoms with van der Waals surface area (Å²) in [5.41, 5.74) is 7.71. The fourth-order valence-electron chi connectivity index (χ4n) is 4.74. The van der Waals surface area contributed by atoms with Gasteiger partial charge in [-0.25, -0.2) is 4.57 Å². The van der Waals surface area contributed by atoms with Gasteiger partial charge in [-0.3, -0.25) is 9.79 Å². The summed E-state index contributed by atoms with van der Waals surface area (Å²) < 4.78 is 17.6. The highest BCUT2D eigenvalue weighted by Gasteiger charge is 2.26. The molecule has 0 bridgehead atoms. The van der Waals surface area contributed by atoms with E-state index in [1.807, 2.05) is 109 Å². The monoisotopic (exact) mass is 506 g/mol. The van der Waals surface area contributed by atoms with Crippen molar-refractivity contribution in [2.24, 2.45) is 0 Å². The van der Waals surface area contributed by atoms with Crippen LogP contribution in [0.1, 0.15) is 22.3 Å². The summed E-state index contributed by atoms with van der Waals surface area (Å²) in [6.45, 7) is 0. The van der Waals surface area contributed by atoms with Gasteiger partial charge in [0.2, 0.25) is 0 Å². The third-order valence-electron chi connectivity index (χ3n) is 6.31. The van der Waals surface area contributed by atoms with Crippen LogP contribution < -0.4 is 4.52 Å². The SMILES string of the molecule is O=P(O)(O)Oc1cc(-c2ccccc2)c(Cc2ccccc2)c(-c2ccccc2)c1Cc1ccccc1. The standard InChI is InChI=1S/C32H27O4P/c33-37(34,35)36-31-23-28(26-17-9-3-10-18-26)29(21-24-13-5-1-6-14-24)32(27-19-11-4-12-20-27)30(31)22-25-15-7-2-8-16-25/h1-20,23H,21-22H2,(H2,33,34,35). The summed E-state index contributed by atoms with van der Waals surface area (Å²) in [4.78, 5) is 19.8. The molecular weight excluding hydrogens is 479 g/mol. The zero-order valence-electron chi connectivity index (χ0n) is 20.2. The van der Waals surface area contributed by atoms with E-state index in [0.29, 0.717) is 12.8 Å². The smallest absolute Gasteiger partial charge is 0.404 e. The molecule has 0 radical (unpaired) electrons. The second-order valence-electron chi connectivity index (χ2n) is 8.89. The van der Waals surface area contributed by atoms with E-state index in [-0.39, 0.29) is 5.75 Å². The zero-order chi connectivity index (χ0) is 25.7. The van der Waals surface area contributed by atoms with Gasteiger partial charge < -0.3 is 4.52 Å². The van der Waals surface area contributed by atoms with Crippen molar-refractivity contribution < 1.29 is 18.9 Å². The van der Waals surface area contributed by atoms with Gasteiger partial charge in [0, 0.05) is 12.0 Å². The summed E-state index contributed by atoms with van der Waals surface area (Å²) in [5, 5.41) is 0. The van der Waals surface area contributed by atoms with Crippen LogP contribution in [0.2, 0.25) is 0 Å². The van der Waals surface area contributed by atoms with Crippen LogP contribution in [0.3, 0.4) is 0 Å². The van der Waals surface area contributed by atoms with Gasteiger partial charge in [0.05, 0.1) is 0 Å². The van der Waals surface area contributed by atoms with Gasteiger partial charge in [0.1, 0.15) is 5.75 Å². The number of hydrogen-bond donors (Lipinski definition) is 2. The highest BCUT2D eigenvalue weighted by molar-refractivity contribution is 7.46. The van der Waals surface area contributed by atoms with E-state index < -0.39 is 7.82 Å². The van der Waals surface area contributed by atoms with Crippen LogP contribution in [0.15, 0.2) is 127 Å². The molecule has 0 heterocycles. The van der Waals surface area contributed by atoms with Crippen molar-refractivity contribution in [1.82, 2.24) is 0 Å². The quantitative estimate of drug-likeness (QED) is 0.212. The minimum absolute atomic E-state index is 0.187. The second-order valence-corrected chi connectivity index (χ2v) is 10.1. The third kappa shape index (κ3) is 6.07. The van der Waals surface area contributed by atoms with Crippen LogP contribution in [0.5, 0.6) is 5.75 Å². The fourth-order valence-corrected chi connectivity index (χ4v) is 5.16. The molecule has 0 aliphatic heterocycles. The molecule has 0 aliphatic carbocycles. The minimum Gasteiger partial charge on any atom is -0.404 e. The summed E-state index contributed by atoms with van der Waals surface area (Å²) in [6.07, 6.45) is 1.10. The average Bonchev–Trinajstić information content (AvgIpc) is 2.91. The first-order chi connectivity index (χ1) is 18.0. The molecule has 0 fully saturated rings. The Morgan fingerprint density at radius 1 is 0.568 bits per heavy atom. The number of hydrogen-bond acceptors (Lipinski definition) is 2. The Kier molecular flexibility index (Phi) is 7.34. The van der Waals surface area contributed by atoms with Gasteiger partial charge in [-0.1, -0.05) is 121 Å². The molecule has 37 heavy (non-hydrogen) atoms. The second kappa shape index (κ2) is 11.0. The summed E-state index contributed by atoms with van der Waals surface area (Å²) in [7, 11) is -4.82. The van der Waals surface area contributed by atoms with Gasteiger partial charge in [0.15, 0.2) is 0 Å². The van der Waals surface area contributed by atoms with Crippen LogP contribution in [0.4, 0.5) is 0 Å². The molecule has 0 aliphatic rings. The van der Waals surface area contributed by atoms with Crippen LogP contribution in [0, 0.1) is 0 Å². The maximum absolute atomic E-state index is 12.1. The van der Waals surface area contributed by atoms with Crippen molar-refractivity contribution in [2.75, 3.05) is 0 Å².